The molecule has 5 rings (SSSR count). The molecule has 0 bridgehead atoms. The van der Waals surface area contributed by atoms with E-state index in [1.54, 1.807) is 0 Å². The summed E-state index contributed by atoms with van der Waals surface area (Å²) in [6, 6.07) is 9.27. The summed E-state index contributed by atoms with van der Waals surface area (Å²) in [6.07, 6.45) is 0. The molecule has 142 valence electrons. The van der Waals surface area contributed by atoms with Crippen molar-refractivity contribution in [3.63, 3.8) is 0 Å². The first-order valence-electron chi connectivity index (χ1n) is 9.23. The number of fused-ring (bicyclic) bond motifs is 2. The van der Waals surface area contributed by atoms with Crippen molar-refractivity contribution >= 4 is 71.2 Å². The van der Waals surface area contributed by atoms with E-state index in [0.29, 0.717) is 0 Å². The number of hydrogen-bond acceptors (Lipinski definition) is 5. The monoisotopic (exact) mass is 439 g/mol. The maximum atomic E-state index is 6.23. The summed E-state index contributed by atoms with van der Waals surface area (Å²) < 4.78 is 2.80. The van der Waals surface area contributed by atoms with Gasteiger partial charge in [-0.05, 0) is 64.4 Å². The summed E-state index contributed by atoms with van der Waals surface area (Å²) in [5.74, 6) is 0. The topological polar surface area (TPSA) is 26.0 Å². The zero-order valence-corrected chi connectivity index (χ0v) is 19.8. The highest BCUT2D eigenvalue weighted by Crippen LogP contribution is 2.52. The van der Waals surface area contributed by atoms with Crippen molar-refractivity contribution in [1.29, 1.82) is 0 Å². The highest BCUT2D eigenvalue weighted by Gasteiger charge is 2.22. The molecule has 0 aliphatic heterocycles. The predicted molar refractivity (Wildman–Crippen MR) is 132 cm³/mol. The van der Waals surface area contributed by atoms with E-state index in [-0.39, 0.29) is 0 Å². The van der Waals surface area contributed by atoms with Gasteiger partial charge in [0.25, 0.3) is 0 Å². The van der Waals surface area contributed by atoms with E-state index in [2.05, 4.69) is 58.9 Å². The Labute approximate surface area is 181 Å². The molecule has 0 fully saturated rings. The van der Waals surface area contributed by atoms with Gasteiger partial charge in [-0.3, -0.25) is 0 Å². The van der Waals surface area contributed by atoms with Crippen LogP contribution in [-0.2, 0) is 0 Å². The highest BCUT2D eigenvalue weighted by atomic mass is 32.1. The number of hydrogen-bond donors (Lipinski definition) is 1. The van der Waals surface area contributed by atoms with Crippen molar-refractivity contribution in [2.45, 2.75) is 34.6 Å². The lowest BCUT2D eigenvalue weighted by Crippen LogP contribution is -1.82. The van der Waals surface area contributed by atoms with E-state index in [1.807, 2.05) is 45.3 Å². The molecule has 4 heterocycles. The van der Waals surface area contributed by atoms with E-state index >= 15 is 0 Å². The van der Waals surface area contributed by atoms with Crippen molar-refractivity contribution in [1.82, 2.24) is 0 Å². The Kier molecular flexibility index (Phi) is 4.22. The summed E-state index contributed by atoms with van der Waals surface area (Å²) >= 11 is 7.56. The number of thiophene rings is 4. The van der Waals surface area contributed by atoms with Gasteiger partial charge in [0.15, 0.2) is 0 Å². The molecule has 0 radical (unpaired) electrons. The molecule has 0 amide bonds. The fourth-order valence-corrected chi connectivity index (χ4v) is 8.24. The molecule has 0 aliphatic rings. The van der Waals surface area contributed by atoms with Crippen LogP contribution in [-0.4, -0.2) is 0 Å². The van der Waals surface area contributed by atoms with Gasteiger partial charge in [0, 0.05) is 66.2 Å². The van der Waals surface area contributed by atoms with E-state index in [1.165, 1.54) is 66.1 Å². The quantitative estimate of drug-likeness (QED) is 0.292. The second-order valence-corrected chi connectivity index (χ2v) is 12.4. The van der Waals surface area contributed by atoms with Crippen LogP contribution < -0.4 is 5.73 Å². The van der Waals surface area contributed by atoms with Crippen molar-refractivity contribution in [2.24, 2.45) is 0 Å². The molecule has 5 aromatic rings. The van der Waals surface area contributed by atoms with Gasteiger partial charge < -0.3 is 5.73 Å². The van der Waals surface area contributed by atoms with Crippen molar-refractivity contribution in [3.05, 3.63) is 49.3 Å². The summed E-state index contributed by atoms with van der Waals surface area (Å²) in [7, 11) is 0. The molecule has 4 aromatic heterocycles. The third kappa shape index (κ3) is 2.68. The van der Waals surface area contributed by atoms with Crippen LogP contribution >= 0.6 is 45.3 Å². The Bertz CT molecular complexity index is 1180. The number of rotatable bonds is 2. The number of aryl methyl sites for hydroxylation is 5. The Morgan fingerprint density at radius 3 is 1.54 bits per heavy atom. The maximum absolute atomic E-state index is 6.23. The Balaban J connectivity index is 1.98. The first-order chi connectivity index (χ1) is 13.3. The number of nitrogens with two attached hydrogens (primary N) is 1. The van der Waals surface area contributed by atoms with Crippen molar-refractivity contribution < 1.29 is 0 Å². The smallest absolute Gasteiger partial charge is 0.0459 e. The average Bonchev–Trinajstić information content (AvgIpc) is 3.34. The zero-order valence-electron chi connectivity index (χ0n) is 16.5. The van der Waals surface area contributed by atoms with Crippen LogP contribution in [0.3, 0.4) is 0 Å². The van der Waals surface area contributed by atoms with Gasteiger partial charge in [-0.1, -0.05) is 0 Å². The van der Waals surface area contributed by atoms with E-state index in [9.17, 15) is 0 Å². The molecule has 2 N–H and O–H groups in total. The van der Waals surface area contributed by atoms with Gasteiger partial charge in [0.1, 0.15) is 0 Å². The molecule has 0 unspecified atom stereocenters. The molecular weight excluding hydrogens is 419 g/mol. The van der Waals surface area contributed by atoms with E-state index < -0.39 is 0 Å². The molecule has 5 heteroatoms. The van der Waals surface area contributed by atoms with Gasteiger partial charge in [-0.25, -0.2) is 0 Å². The van der Waals surface area contributed by atoms with E-state index in [4.69, 9.17) is 5.73 Å². The lowest BCUT2D eigenvalue weighted by atomic mass is 9.99. The van der Waals surface area contributed by atoms with Crippen molar-refractivity contribution in [3.8, 4) is 20.9 Å². The van der Waals surface area contributed by atoms with Crippen LogP contribution in [0.2, 0.25) is 0 Å². The molecule has 0 saturated heterocycles. The minimum atomic E-state index is 0.898. The van der Waals surface area contributed by atoms with Crippen LogP contribution in [0.25, 0.3) is 41.1 Å². The number of benzene rings is 1. The maximum Gasteiger partial charge on any atom is 0.0459 e. The molecule has 0 atom stereocenters. The fourth-order valence-electron chi connectivity index (χ4n) is 3.82. The van der Waals surface area contributed by atoms with Gasteiger partial charge in [0.05, 0.1) is 0 Å². The third-order valence-corrected chi connectivity index (χ3v) is 9.71. The molecule has 28 heavy (non-hydrogen) atoms. The van der Waals surface area contributed by atoms with E-state index in [0.717, 1.165) is 5.69 Å². The van der Waals surface area contributed by atoms with Crippen LogP contribution in [0.1, 0.15) is 25.1 Å². The standard InChI is InChI=1S/C23H21NS4/c1-10-6-18(27-13(10)4)20-15-7-11(2)26-23(15)21(16-8-12(3)25-22(16)20)19-9-17(24)14(5)28-19/h6-9H,24H2,1-5H3. The third-order valence-electron chi connectivity index (χ3n) is 5.32. The normalized spacial score (nSPS) is 11.9. The molecule has 1 aromatic carbocycles. The van der Waals surface area contributed by atoms with Crippen LogP contribution in [0.4, 0.5) is 5.69 Å². The Hall–Kier alpha value is -1.66. The zero-order chi connectivity index (χ0) is 19.7. The Morgan fingerprint density at radius 2 is 1.11 bits per heavy atom. The number of anilines is 1. The van der Waals surface area contributed by atoms with Crippen molar-refractivity contribution in [2.75, 3.05) is 5.73 Å². The average molecular weight is 440 g/mol. The van der Waals surface area contributed by atoms with Crippen LogP contribution in [0, 0.1) is 34.6 Å². The molecule has 0 spiro atoms. The fraction of sp³-hybridized carbons (Fsp3) is 0.217. The Morgan fingerprint density at radius 1 is 0.607 bits per heavy atom. The minimum absolute atomic E-state index is 0.898. The molecule has 1 nitrogen and oxygen atoms in total. The first-order valence-corrected chi connectivity index (χ1v) is 12.5. The molecular formula is C23H21NS4. The largest absolute Gasteiger partial charge is 0.398 e. The second-order valence-electron chi connectivity index (χ2n) is 7.42. The summed E-state index contributed by atoms with van der Waals surface area (Å²) in [4.78, 5) is 8.00. The first kappa shape index (κ1) is 18.4. The van der Waals surface area contributed by atoms with Gasteiger partial charge >= 0.3 is 0 Å². The lowest BCUT2D eigenvalue weighted by Gasteiger charge is -2.09. The lowest BCUT2D eigenvalue weighted by molar-refractivity contribution is 1.44. The molecule has 0 aliphatic carbocycles. The molecule has 0 saturated carbocycles. The van der Waals surface area contributed by atoms with Gasteiger partial charge in [-0.2, -0.15) is 0 Å². The predicted octanol–water partition coefficient (Wildman–Crippen LogP) is 8.70. The summed E-state index contributed by atoms with van der Waals surface area (Å²) in [5.41, 5.74) is 11.3. The van der Waals surface area contributed by atoms with Gasteiger partial charge in [-0.15, -0.1) is 45.3 Å². The highest BCUT2D eigenvalue weighted by molar-refractivity contribution is 7.23. The SMILES string of the molecule is Cc1cc2c(-c3cc(N)c(C)s3)c3sc(C)cc3c(-c3cc(C)c(C)s3)c2s1. The summed E-state index contributed by atoms with van der Waals surface area (Å²) in [5, 5.41) is 2.76. The summed E-state index contributed by atoms with van der Waals surface area (Å²) in [6.45, 7) is 11.0. The van der Waals surface area contributed by atoms with Crippen LogP contribution in [0.15, 0.2) is 24.3 Å². The minimum Gasteiger partial charge on any atom is -0.398 e. The second kappa shape index (κ2) is 6.42. The van der Waals surface area contributed by atoms with Crippen LogP contribution in [0.5, 0.6) is 0 Å². The van der Waals surface area contributed by atoms with Gasteiger partial charge in [0.2, 0.25) is 0 Å². The number of nitrogen functional groups attached to an aromatic ring is 1.